The molecule has 0 aliphatic carbocycles. The van der Waals surface area contributed by atoms with E-state index in [1.165, 1.54) is 11.3 Å². The first kappa shape index (κ1) is 25.5. The van der Waals surface area contributed by atoms with Crippen LogP contribution in [-0.2, 0) is 0 Å². The van der Waals surface area contributed by atoms with Gasteiger partial charge in [-0.2, -0.15) is 0 Å². The topological polar surface area (TPSA) is 45.7 Å². The minimum absolute atomic E-state index is 0. The molecule has 0 N–H and O–H groups in total. The predicted octanol–water partition coefficient (Wildman–Crippen LogP) is 5.83. The number of para-hydroxylation sites is 1. The van der Waals surface area contributed by atoms with Crippen molar-refractivity contribution in [3.05, 3.63) is 48.0 Å². The first-order valence-corrected chi connectivity index (χ1v) is 12.4. The van der Waals surface area contributed by atoms with Gasteiger partial charge >= 0.3 is 0 Å². The van der Waals surface area contributed by atoms with Crippen molar-refractivity contribution >= 4 is 56.8 Å². The van der Waals surface area contributed by atoms with Crippen molar-refractivity contribution in [2.24, 2.45) is 0 Å². The molecule has 0 fully saturated rings. The Morgan fingerprint density at radius 2 is 1.84 bits per heavy atom. The van der Waals surface area contributed by atoms with Crippen LogP contribution in [0, 0.1) is 0 Å². The van der Waals surface area contributed by atoms with Crippen LogP contribution in [0.25, 0.3) is 10.2 Å². The second kappa shape index (κ2) is 12.3. The third kappa shape index (κ3) is 6.13. The third-order valence-corrected chi connectivity index (χ3v) is 6.77. The van der Waals surface area contributed by atoms with Gasteiger partial charge in [0.15, 0.2) is 5.13 Å². The molecule has 0 aliphatic rings. The molecule has 31 heavy (non-hydrogen) atoms. The summed E-state index contributed by atoms with van der Waals surface area (Å²) in [7, 11) is 0. The van der Waals surface area contributed by atoms with Gasteiger partial charge in [0, 0.05) is 23.5 Å². The van der Waals surface area contributed by atoms with Crippen molar-refractivity contribution in [3.8, 4) is 5.75 Å². The molecule has 168 valence electrons. The van der Waals surface area contributed by atoms with Crippen molar-refractivity contribution in [2.75, 3.05) is 43.9 Å². The number of rotatable bonds is 10. The number of amides is 1. The zero-order valence-electron chi connectivity index (χ0n) is 18.5. The monoisotopic (exact) mass is 479 g/mol. The van der Waals surface area contributed by atoms with E-state index in [0.717, 1.165) is 40.5 Å². The smallest absolute Gasteiger partial charge is 0.260 e. The molecule has 5 nitrogen and oxygen atoms in total. The third-order valence-electron chi connectivity index (χ3n) is 5.00. The Balaban J connectivity index is 0.00000341. The molecule has 3 aromatic rings. The molecule has 8 heteroatoms. The lowest BCUT2D eigenvalue weighted by Crippen LogP contribution is -2.38. The van der Waals surface area contributed by atoms with Gasteiger partial charge in [0.25, 0.3) is 5.91 Å². The van der Waals surface area contributed by atoms with E-state index in [4.69, 9.17) is 9.72 Å². The van der Waals surface area contributed by atoms with Crippen molar-refractivity contribution < 1.29 is 9.53 Å². The van der Waals surface area contributed by atoms with Crippen LogP contribution in [0.3, 0.4) is 0 Å². The number of aromatic nitrogens is 1. The highest BCUT2D eigenvalue weighted by Crippen LogP contribution is 2.35. The van der Waals surface area contributed by atoms with Gasteiger partial charge in [-0.15, -0.1) is 24.2 Å². The largest absolute Gasteiger partial charge is 0.492 e. The fourth-order valence-corrected chi connectivity index (χ4v) is 4.74. The van der Waals surface area contributed by atoms with Gasteiger partial charge in [-0.1, -0.05) is 37.3 Å². The first-order valence-electron chi connectivity index (χ1n) is 10.3. The fraction of sp³-hybridized carbons (Fsp3) is 0.391. The van der Waals surface area contributed by atoms with Crippen LogP contribution in [-0.4, -0.2) is 54.8 Å². The van der Waals surface area contributed by atoms with Crippen LogP contribution < -0.4 is 9.64 Å². The maximum atomic E-state index is 13.5. The lowest BCUT2D eigenvalue weighted by molar-refractivity contribution is 0.0983. The van der Waals surface area contributed by atoms with E-state index in [1.54, 1.807) is 11.8 Å². The Morgan fingerprint density at radius 1 is 1.10 bits per heavy atom. The average molecular weight is 480 g/mol. The fourth-order valence-electron chi connectivity index (χ4n) is 3.28. The molecule has 3 rings (SSSR count). The normalized spacial score (nSPS) is 10.9. The number of benzene rings is 2. The Hall–Kier alpha value is -1.80. The Kier molecular flexibility index (Phi) is 10.1. The SMILES string of the molecule is CCOc1cccc2sc(N(CCN(CC)CC)C(=O)c3cccc(SC)c3)nc12.Cl. The number of thiazole rings is 1. The lowest BCUT2D eigenvalue weighted by Gasteiger charge is -2.25. The van der Waals surface area contributed by atoms with Gasteiger partial charge in [-0.3, -0.25) is 9.69 Å². The number of ether oxygens (including phenoxy) is 1. The van der Waals surface area contributed by atoms with Crippen LogP contribution in [0.2, 0.25) is 0 Å². The molecule has 0 radical (unpaired) electrons. The van der Waals surface area contributed by atoms with Gasteiger partial charge in [-0.25, -0.2) is 4.98 Å². The van der Waals surface area contributed by atoms with Crippen molar-refractivity contribution in [1.82, 2.24) is 9.88 Å². The summed E-state index contributed by atoms with van der Waals surface area (Å²) in [4.78, 5) is 23.6. The zero-order chi connectivity index (χ0) is 21.5. The number of fused-ring (bicyclic) bond motifs is 1. The molecule has 0 unspecified atom stereocenters. The van der Waals surface area contributed by atoms with E-state index in [-0.39, 0.29) is 18.3 Å². The average Bonchev–Trinajstić information content (AvgIpc) is 3.21. The van der Waals surface area contributed by atoms with E-state index in [9.17, 15) is 4.79 Å². The minimum Gasteiger partial charge on any atom is -0.492 e. The quantitative estimate of drug-likeness (QED) is 0.342. The van der Waals surface area contributed by atoms with Crippen LogP contribution in [0.1, 0.15) is 31.1 Å². The van der Waals surface area contributed by atoms with E-state index in [0.29, 0.717) is 23.8 Å². The maximum Gasteiger partial charge on any atom is 0.260 e. The van der Waals surface area contributed by atoms with Gasteiger partial charge in [0.2, 0.25) is 0 Å². The van der Waals surface area contributed by atoms with Crippen molar-refractivity contribution in [2.45, 2.75) is 25.7 Å². The summed E-state index contributed by atoms with van der Waals surface area (Å²) in [5.74, 6) is 0.744. The molecule has 0 atom stereocenters. The number of nitrogens with zero attached hydrogens (tertiary/aromatic N) is 3. The van der Waals surface area contributed by atoms with Gasteiger partial charge in [0.1, 0.15) is 11.3 Å². The predicted molar refractivity (Wildman–Crippen MR) is 136 cm³/mol. The van der Waals surface area contributed by atoms with Crippen LogP contribution >= 0.6 is 35.5 Å². The molecule has 0 bridgehead atoms. The minimum atomic E-state index is -0.0185. The highest BCUT2D eigenvalue weighted by molar-refractivity contribution is 7.98. The van der Waals surface area contributed by atoms with Gasteiger partial charge in [0.05, 0.1) is 11.3 Å². The highest BCUT2D eigenvalue weighted by atomic mass is 35.5. The summed E-state index contributed by atoms with van der Waals surface area (Å²) < 4.78 is 6.77. The molecule has 1 aromatic heterocycles. The molecule has 0 aliphatic heterocycles. The Bertz CT molecular complexity index is 992. The van der Waals surface area contributed by atoms with E-state index in [1.807, 2.05) is 60.5 Å². The summed E-state index contributed by atoms with van der Waals surface area (Å²) in [5.41, 5.74) is 1.50. The van der Waals surface area contributed by atoms with Crippen LogP contribution in [0.4, 0.5) is 5.13 Å². The first-order chi connectivity index (χ1) is 14.6. The second-order valence-electron chi connectivity index (χ2n) is 6.75. The molecule has 0 spiro atoms. The Labute approximate surface area is 199 Å². The number of carbonyl (C=O) groups is 1. The van der Waals surface area contributed by atoms with E-state index >= 15 is 0 Å². The number of hydrogen-bond donors (Lipinski definition) is 0. The number of hydrogen-bond acceptors (Lipinski definition) is 6. The summed E-state index contributed by atoms with van der Waals surface area (Å²) in [6.45, 7) is 10.1. The van der Waals surface area contributed by atoms with Gasteiger partial charge in [-0.05, 0) is 56.6 Å². The molecule has 0 saturated carbocycles. The standard InChI is InChI=1S/C23H29N3O2S2.ClH/c1-5-25(6-2)14-15-26(22(27)17-10-8-11-18(16-17)29-4)23-24-21-19(28-7-3)12-9-13-20(21)30-23;/h8-13,16H,5-7,14-15H2,1-4H3;1H. The number of halogens is 1. The Morgan fingerprint density at radius 3 is 2.52 bits per heavy atom. The summed E-state index contributed by atoms with van der Waals surface area (Å²) in [5, 5.41) is 0.712. The summed E-state index contributed by atoms with van der Waals surface area (Å²) in [6.07, 6.45) is 2.02. The molecular formula is C23H30ClN3O2S2. The molecule has 2 aromatic carbocycles. The lowest BCUT2D eigenvalue weighted by atomic mass is 10.2. The van der Waals surface area contributed by atoms with Crippen molar-refractivity contribution in [1.29, 1.82) is 0 Å². The number of likely N-dealkylation sites (N-methyl/N-ethyl adjacent to an activating group) is 1. The zero-order valence-corrected chi connectivity index (χ0v) is 20.9. The highest BCUT2D eigenvalue weighted by Gasteiger charge is 2.23. The summed E-state index contributed by atoms with van der Waals surface area (Å²) in [6, 6.07) is 13.7. The number of carbonyl (C=O) groups excluding carboxylic acids is 1. The molecule has 0 saturated heterocycles. The maximum absolute atomic E-state index is 13.5. The van der Waals surface area contributed by atoms with E-state index in [2.05, 4.69) is 18.7 Å². The van der Waals surface area contributed by atoms with Crippen LogP contribution in [0.5, 0.6) is 5.75 Å². The number of anilines is 1. The summed E-state index contributed by atoms with van der Waals surface area (Å²) >= 11 is 3.17. The molecular weight excluding hydrogens is 450 g/mol. The van der Waals surface area contributed by atoms with E-state index < -0.39 is 0 Å². The molecule has 1 amide bonds. The van der Waals surface area contributed by atoms with Gasteiger partial charge < -0.3 is 9.64 Å². The molecule has 1 heterocycles. The second-order valence-corrected chi connectivity index (χ2v) is 8.64. The van der Waals surface area contributed by atoms with Crippen LogP contribution in [0.15, 0.2) is 47.4 Å². The van der Waals surface area contributed by atoms with Crippen molar-refractivity contribution in [3.63, 3.8) is 0 Å². The number of thioether (sulfide) groups is 1.